The fourth-order valence-electron chi connectivity index (χ4n) is 5.46. The van der Waals surface area contributed by atoms with Gasteiger partial charge in [-0.05, 0) is 67.5 Å². The Morgan fingerprint density at radius 3 is 2.51 bits per heavy atom. The number of hydrogen-bond donors (Lipinski definition) is 2. The zero-order chi connectivity index (χ0) is 29.8. The normalized spacial score (nSPS) is 18.2. The van der Waals surface area contributed by atoms with Crippen LogP contribution < -0.4 is 10.6 Å². The molecule has 2 N–H and O–H groups in total. The number of methoxy groups -OCH3 is 1. The number of imide groups is 1. The van der Waals surface area contributed by atoms with Crippen molar-refractivity contribution in [1.82, 2.24) is 20.5 Å². The Morgan fingerprint density at radius 2 is 1.90 bits per heavy atom. The number of hydrogen-bond acceptors (Lipinski definition) is 4. The van der Waals surface area contributed by atoms with E-state index in [1.54, 1.807) is 6.08 Å². The molecule has 2 unspecified atom stereocenters. The average Bonchev–Trinajstić information content (AvgIpc) is 2.95. The number of benzene rings is 1. The molecule has 2 aliphatic rings. The summed E-state index contributed by atoms with van der Waals surface area (Å²) in [6.07, 6.45) is 12.8. The van der Waals surface area contributed by atoms with Gasteiger partial charge in [-0.1, -0.05) is 58.6 Å². The van der Waals surface area contributed by atoms with E-state index in [4.69, 9.17) is 4.74 Å². The number of carbonyl (C=O) groups is 2. The Labute approximate surface area is 242 Å². The van der Waals surface area contributed by atoms with Gasteiger partial charge in [-0.2, -0.15) is 0 Å². The van der Waals surface area contributed by atoms with E-state index in [-0.39, 0.29) is 12.6 Å². The highest BCUT2D eigenvalue weighted by atomic mass is 19.2. The van der Waals surface area contributed by atoms with Crippen molar-refractivity contribution in [3.63, 3.8) is 0 Å². The third-order valence-corrected chi connectivity index (χ3v) is 7.36. The largest absolute Gasteiger partial charge is 0.378 e. The van der Waals surface area contributed by atoms with E-state index in [0.717, 1.165) is 42.2 Å². The Morgan fingerprint density at radius 1 is 1.15 bits per heavy atom. The summed E-state index contributed by atoms with van der Waals surface area (Å²) < 4.78 is 32.3. The van der Waals surface area contributed by atoms with Crippen molar-refractivity contribution in [2.45, 2.75) is 90.1 Å². The molecule has 1 aromatic heterocycles. The van der Waals surface area contributed by atoms with E-state index < -0.39 is 29.7 Å². The molecule has 1 saturated carbocycles. The van der Waals surface area contributed by atoms with Gasteiger partial charge in [0, 0.05) is 36.7 Å². The molecule has 1 fully saturated rings. The molecule has 224 valence electrons. The molecule has 9 heteroatoms. The van der Waals surface area contributed by atoms with Crippen LogP contribution in [0.4, 0.5) is 18.4 Å². The highest BCUT2D eigenvalue weighted by molar-refractivity contribution is 5.96. The minimum absolute atomic E-state index is 0.0877. The lowest BCUT2D eigenvalue weighted by atomic mass is 9.87. The summed E-state index contributed by atoms with van der Waals surface area (Å²) in [5.74, 6) is -0.914. The number of pyridine rings is 1. The molecular weight excluding hydrogens is 526 g/mol. The van der Waals surface area contributed by atoms with Gasteiger partial charge in [-0.3, -0.25) is 4.98 Å². The molecule has 2 aromatic rings. The molecular formula is C32H44F2N4O3. The van der Waals surface area contributed by atoms with Gasteiger partial charge in [0.1, 0.15) is 0 Å². The second-order valence-corrected chi connectivity index (χ2v) is 11.2. The van der Waals surface area contributed by atoms with Crippen molar-refractivity contribution in [1.29, 1.82) is 0 Å². The number of amides is 4. The number of urea groups is 2. The number of rotatable bonds is 9. The molecule has 4 amide bonds. The summed E-state index contributed by atoms with van der Waals surface area (Å²) in [4.78, 5) is 31.1. The van der Waals surface area contributed by atoms with E-state index in [0.29, 0.717) is 17.2 Å². The maximum atomic E-state index is 13.8. The molecule has 1 aliphatic heterocycles. The smallest absolute Gasteiger partial charge is 0.330 e. The van der Waals surface area contributed by atoms with Crippen molar-refractivity contribution < 1.29 is 23.1 Å². The summed E-state index contributed by atoms with van der Waals surface area (Å²) in [6, 6.07) is 7.39. The van der Waals surface area contributed by atoms with Crippen molar-refractivity contribution in [3.05, 3.63) is 77.3 Å². The molecule has 2 atom stereocenters. The molecule has 7 nitrogen and oxygen atoms in total. The molecule has 1 aliphatic carbocycles. The van der Waals surface area contributed by atoms with Crippen LogP contribution in [0, 0.1) is 17.6 Å². The average molecular weight is 571 g/mol. The Bertz CT molecular complexity index is 1150. The van der Waals surface area contributed by atoms with Gasteiger partial charge in [0.2, 0.25) is 0 Å². The van der Waals surface area contributed by atoms with Gasteiger partial charge in [0.25, 0.3) is 0 Å². The van der Waals surface area contributed by atoms with Crippen LogP contribution in [0.5, 0.6) is 0 Å². The zero-order valence-corrected chi connectivity index (χ0v) is 24.7. The minimum atomic E-state index is -1.04. The van der Waals surface area contributed by atoms with Crippen molar-refractivity contribution in [2.24, 2.45) is 5.92 Å². The second kappa shape index (κ2) is 16.2. The van der Waals surface area contributed by atoms with Crippen LogP contribution in [0.1, 0.15) is 95.4 Å². The first-order valence-electron chi connectivity index (χ1n) is 14.7. The van der Waals surface area contributed by atoms with Gasteiger partial charge in [0.05, 0.1) is 12.6 Å². The Balaban J connectivity index is 0.000000317. The summed E-state index contributed by atoms with van der Waals surface area (Å²) in [6.45, 7) is 6.27. The molecule has 0 saturated heterocycles. The lowest BCUT2D eigenvalue weighted by molar-refractivity contribution is 0.165. The molecule has 0 radical (unpaired) electrons. The van der Waals surface area contributed by atoms with E-state index in [9.17, 15) is 18.4 Å². The first-order valence-corrected chi connectivity index (χ1v) is 14.7. The lowest BCUT2D eigenvalue weighted by Crippen LogP contribution is -2.54. The first kappa shape index (κ1) is 32.2. The number of carbonyl (C=O) groups excluding carboxylic acids is 2. The number of nitrogens with zero attached hydrogens (tertiary/aromatic N) is 2. The van der Waals surface area contributed by atoms with Crippen LogP contribution in [0.15, 0.2) is 54.4 Å². The minimum Gasteiger partial charge on any atom is -0.378 e. The summed E-state index contributed by atoms with van der Waals surface area (Å²) in [5.41, 5.74) is 2.04. The third kappa shape index (κ3) is 9.63. The van der Waals surface area contributed by atoms with E-state index in [1.807, 2.05) is 19.2 Å². The standard InChI is InChI=1S/C21H29F2N3O3.C11H15N/c1-5-6-15(9-13(2)3)24-20(27)26-19(11-16(12-29-4)25-21(26)28)14-7-8-17(22)18(23)10-14;1-2-6-10(7-3-1)11-8-4-5-9-12-11/h7-8,10-11,13,15,19H,5-6,9,12H2,1-4H3,(H,24,27)(H,25,28);4-5,8-10H,1-3,6-7H2. The van der Waals surface area contributed by atoms with Crippen molar-refractivity contribution in [3.8, 4) is 0 Å². The molecule has 0 bridgehead atoms. The van der Waals surface area contributed by atoms with Gasteiger partial charge in [0.15, 0.2) is 11.6 Å². The summed E-state index contributed by atoms with van der Waals surface area (Å²) in [7, 11) is 1.47. The van der Waals surface area contributed by atoms with Crippen LogP contribution in [0.3, 0.4) is 0 Å². The second-order valence-electron chi connectivity index (χ2n) is 11.2. The SMILES string of the molecule is CCCC(CC(C)C)NC(=O)N1C(=O)NC(COC)=CC1c1ccc(F)c(F)c1.c1ccc(C2CCCCC2)nc1. The third-order valence-electron chi connectivity index (χ3n) is 7.36. The molecule has 1 aromatic carbocycles. The lowest BCUT2D eigenvalue weighted by Gasteiger charge is -2.34. The van der Waals surface area contributed by atoms with Crippen LogP contribution in [-0.2, 0) is 4.74 Å². The molecule has 0 spiro atoms. The van der Waals surface area contributed by atoms with Gasteiger partial charge in [-0.15, -0.1) is 0 Å². The van der Waals surface area contributed by atoms with Gasteiger partial charge < -0.3 is 15.4 Å². The number of nitrogens with one attached hydrogen (secondary N) is 2. The quantitative estimate of drug-likeness (QED) is 0.325. The van der Waals surface area contributed by atoms with Crippen molar-refractivity contribution >= 4 is 12.1 Å². The van der Waals surface area contributed by atoms with Crippen LogP contribution in [-0.4, -0.2) is 41.7 Å². The number of halogens is 2. The van der Waals surface area contributed by atoms with Crippen LogP contribution >= 0.6 is 0 Å². The Kier molecular flexibility index (Phi) is 12.7. The Hall–Kier alpha value is -3.33. The summed E-state index contributed by atoms with van der Waals surface area (Å²) in [5, 5.41) is 5.53. The van der Waals surface area contributed by atoms with Crippen molar-refractivity contribution in [2.75, 3.05) is 13.7 Å². The molecule has 41 heavy (non-hydrogen) atoms. The fourth-order valence-corrected chi connectivity index (χ4v) is 5.46. The predicted molar refractivity (Wildman–Crippen MR) is 156 cm³/mol. The topological polar surface area (TPSA) is 83.6 Å². The maximum absolute atomic E-state index is 13.8. The highest BCUT2D eigenvalue weighted by Gasteiger charge is 2.35. The van der Waals surface area contributed by atoms with E-state index in [1.165, 1.54) is 51.0 Å². The van der Waals surface area contributed by atoms with E-state index in [2.05, 4.69) is 41.6 Å². The monoisotopic (exact) mass is 570 g/mol. The maximum Gasteiger partial charge on any atom is 0.330 e. The van der Waals surface area contributed by atoms with Gasteiger partial charge >= 0.3 is 12.1 Å². The number of ether oxygens (including phenoxy) is 1. The predicted octanol–water partition coefficient (Wildman–Crippen LogP) is 7.62. The van der Waals surface area contributed by atoms with Crippen LogP contribution in [0.2, 0.25) is 0 Å². The number of aromatic nitrogens is 1. The molecule has 2 heterocycles. The molecule has 4 rings (SSSR count). The first-order chi connectivity index (χ1) is 19.7. The zero-order valence-electron chi connectivity index (χ0n) is 24.7. The van der Waals surface area contributed by atoms with Crippen LogP contribution in [0.25, 0.3) is 0 Å². The fraction of sp³-hybridized carbons (Fsp3) is 0.531. The van der Waals surface area contributed by atoms with E-state index >= 15 is 0 Å². The highest BCUT2D eigenvalue weighted by Crippen LogP contribution is 2.31. The van der Waals surface area contributed by atoms with Gasteiger partial charge in [-0.25, -0.2) is 23.3 Å². The summed E-state index contributed by atoms with van der Waals surface area (Å²) >= 11 is 0.